The molecule has 0 spiro atoms. The van der Waals surface area contributed by atoms with Crippen molar-refractivity contribution in [3.8, 4) is 0 Å². The first-order chi connectivity index (χ1) is 15.4. The van der Waals surface area contributed by atoms with Gasteiger partial charge in [-0.05, 0) is 56.0 Å². The summed E-state index contributed by atoms with van der Waals surface area (Å²) in [5.41, 5.74) is 0.874. The molecule has 2 aliphatic rings. The molecule has 1 saturated carbocycles. The van der Waals surface area contributed by atoms with Crippen molar-refractivity contribution in [2.75, 3.05) is 20.2 Å². The number of ether oxygens (including phenoxy) is 1. The maximum absolute atomic E-state index is 13.1. The van der Waals surface area contributed by atoms with E-state index in [1.807, 2.05) is 16.8 Å². The average molecular weight is 460 g/mol. The number of carbonyl (C=O) groups excluding carboxylic acids is 2. The van der Waals surface area contributed by atoms with E-state index in [0.29, 0.717) is 37.2 Å². The standard InChI is InChI=1S/C23H29N3O5S/c1-31-23(28)21-10-5-13-26(21)19-11-14-25(15-12-19)22(27)17-6-4-9-20(16-17)32(29,30)24-18-7-2-3-8-18/h4-6,9-10,13,16,18-19,24H,2-3,7-8,11-12,14-15H2,1H3. The number of nitrogens with zero attached hydrogens (tertiary/aromatic N) is 2. The minimum Gasteiger partial charge on any atom is -0.464 e. The summed E-state index contributed by atoms with van der Waals surface area (Å²) in [4.78, 5) is 26.9. The number of hydrogen-bond donors (Lipinski definition) is 1. The molecule has 1 N–H and O–H groups in total. The maximum Gasteiger partial charge on any atom is 0.354 e. The molecule has 0 radical (unpaired) electrons. The van der Waals surface area contributed by atoms with Gasteiger partial charge in [-0.3, -0.25) is 4.79 Å². The number of benzene rings is 1. The smallest absolute Gasteiger partial charge is 0.354 e. The Bertz CT molecular complexity index is 1080. The zero-order valence-electron chi connectivity index (χ0n) is 18.2. The number of esters is 1. The molecule has 1 amide bonds. The van der Waals surface area contributed by atoms with E-state index in [-0.39, 0.29) is 28.9 Å². The zero-order valence-corrected chi connectivity index (χ0v) is 19.0. The SMILES string of the molecule is COC(=O)c1cccn1C1CCN(C(=O)c2cccc(S(=O)(=O)NC3CCCC3)c2)CC1. The molecule has 172 valence electrons. The molecule has 4 rings (SSSR count). The number of carbonyl (C=O) groups is 2. The van der Waals surface area contributed by atoms with Crippen molar-refractivity contribution in [3.63, 3.8) is 0 Å². The Kier molecular flexibility index (Phi) is 6.66. The summed E-state index contributed by atoms with van der Waals surface area (Å²) in [7, 11) is -2.29. The Morgan fingerprint density at radius 1 is 1.03 bits per heavy atom. The first-order valence-electron chi connectivity index (χ1n) is 11.1. The third-order valence-corrected chi connectivity index (χ3v) is 7.91. The molecule has 2 heterocycles. The molecule has 1 aliphatic carbocycles. The van der Waals surface area contributed by atoms with E-state index in [0.717, 1.165) is 25.7 Å². The van der Waals surface area contributed by atoms with Crippen molar-refractivity contribution in [1.82, 2.24) is 14.2 Å². The lowest BCUT2D eigenvalue weighted by molar-refractivity contribution is 0.0573. The predicted octanol–water partition coefficient (Wildman–Crippen LogP) is 2.97. The highest BCUT2D eigenvalue weighted by molar-refractivity contribution is 7.89. The summed E-state index contributed by atoms with van der Waals surface area (Å²) in [5, 5.41) is 0. The molecule has 1 saturated heterocycles. The van der Waals surface area contributed by atoms with Crippen molar-refractivity contribution < 1.29 is 22.7 Å². The van der Waals surface area contributed by atoms with Gasteiger partial charge in [0.1, 0.15) is 5.69 Å². The molecule has 32 heavy (non-hydrogen) atoms. The number of amides is 1. The minimum atomic E-state index is -3.65. The van der Waals surface area contributed by atoms with E-state index in [4.69, 9.17) is 4.74 Å². The zero-order chi connectivity index (χ0) is 22.7. The molecular formula is C23H29N3O5S. The number of nitrogens with one attached hydrogen (secondary N) is 1. The Morgan fingerprint density at radius 3 is 2.44 bits per heavy atom. The van der Waals surface area contributed by atoms with E-state index in [1.165, 1.54) is 19.2 Å². The van der Waals surface area contributed by atoms with Crippen LogP contribution in [0.25, 0.3) is 0 Å². The van der Waals surface area contributed by atoms with Crippen LogP contribution in [0, 0.1) is 0 Å². The predicted molar refractivity (Wildman–Crippen MR) is 119 cm³/mol. The average Bonchev–Trinajstić information content (AvgIpc) is 3.50. The van der Waals surface area contributed by atoms with Crippen molar-refractivity contribution in [3.05, 3.63) is 53.9 Å². The molecule has 8 nitrogen and oxygen atoms in total. The normalized spacial score (nSPS) is 18.1. The van der Waals surface area contributed by atoms with Gasteiger partial charge in [0, 0.05) is 36.9 Å². The van der Waals surface area contributed by atoms with E-state index in [1.54, 1.807) is 23.1 Å². The number of likely N-dealkylation sites (tertiary alicyclic amines) is 1. The highest BCUT2D eigenvalue weighted by Gasteiger charge is 2.28. The largest absolute Gasteiger partial charge is 0.464 e. The van der Waals surface area contributed by atoms with E-state index >= 15 is 0 Å². The number of piperidine rings is 1. The molecular weight excluding hydrogens is 430 g/mol. The second kappa shape index (κ2) is 9.46. The topological polar surface area (TPSA) is 97.7 Å². The molecule has 9 heteroatoms. The van der Waals surface area contributed by atoms with Crippen molar-refractivity contribution in [1.29, 1.82) is 0 Å². The van der Waals surface area contributed by atoms with Gasteiger partial charge in [-0.25, -0.2) is 17.9 Å². The van der Waals surface area contributed by atoms with E-state index < -0.39 is 10.0 Å². The molecule has 2 aromatic rings. The van der Waals surface area contributed by atoms with Crippen LogP contribution in [0.3, 0.4) is 0 Å². The van der Waals surface area contributed by atoms with Crippen molar-refractivity contribution in [2.24, 2.45) is 0 Å². The quantitative estimate of drug-likeness (QED) is 0.670. The minimum absolute atomic E-state index is 0.0260. The highest BCUT2D eigenvalue weighted by Crippen LogP contribution is 2.26. The second-order valence-corrected chi connectivity index (χ2v) is 10.2. The highest BCUT2D eigenvalue weighted by atomic mass is 32.2. The fraction of sp³-hybridized carbons (Fsp3) is 0.478. The molecule has 2 fully saturated rings. The first kappa shape index (κ1) is 22.5. The van der Waals surface area contributed by atoms with E-state index in [2.05, 4.69) is 4.72 Å². The van der Waals surface area contributed by atoms with Gasteiger partial charge in [0.15, 0.2) is 0 Å². The number of methoxy groups -OCH3 is 1. The van der Waals surface area contributed by atoms with Gasteiger partial charge in [0.2, 0.25) is 10.0 Å². The maximum atomic E-state index is 13.1. The van der Waals surface area contributed by atoms with E-state index in [9.17, 15) is 18.0 Å². The van der Waals surface area contributed by atoms with Crippen LogP contribution in [-0.2, 0) is 14.8 Å². The number of sulfonamides is 1. The number of aromatic nitrogens is 1. The van der Waals surface area contributed by atoms with Crippen LogP contribution in [0.2, 0.25) is 0 Å². The van der Waals surface area contributed by atoms with Crippen LogP contribution in [-0.4, -0.2) is 56.0 Å². The van der Waals surface area contributed by atoms with Gasteiger partial charge in [0.25, 0.3) is 5.91 Å². The Hall–Kier alpha value is -2.65. The van der Waals surface area contributed by atoms with Gasteiger partial charge in [-0.15, -0.1) is 0 Å². The van der Waals surface area contributed by atoms with Crippen LogP contribution in [0.1, 0.15) is 65.4 Å². The molecule has 0 atom stereocenters. The van der Waals surface area contributed by atoms with Crippen molar-refractivity contribution in [2.45, 2.75) is 55.5 Å². The summed E-state index contributed by atoms with van der Waals surface area (Å²) in [5.74, 6) is -0.556. The first-order valence-corrected chi connectivity index (χ1v) is 12.5. The van der Waals surface area contributed by atoms with Crippen LogP contribution in [0.4, 0.5) is 0 Å². The summed E-state index contributed by atoms with van der Waals surface area (Å²) >= 11 is 0. The third-order valence-electron chi connectivity index (χ3n) is 6.39. The molecule has 0 unspecified atom stereocenters. The van der Waals surface area contributed by atoms with Crippen LogP contribution >= 0.6 is 0 Å². The van der Waals surface area contributed by atoms with Crippen molar-refractivity contribution >= 4 is 21.9 Å². The van der Waals surface area contributed by atoms with Gasteiger partial charge in [0.05, 0.1) is 12.0 Å². The summed E-state index contributed by atoms with van der Waals surface area (Å²) < 4.78 is 35.0. The van der Waals surface area contributed by atoms with Gasteiger partial charge < -0.3 is 14.2 Å². The summed E-state index contributed by atoms with van der Waals surface area (Å²) in [6.07, 6.45) is 7.03. The lowest BCUT2D eigenvalue weighted by Crippen LogP contribution is -2.39. The van der Waals surface area contributed by atoms with Crippen LogP contribution in [0.5, 0.6) is 0 Å². The summed E-state index contributed by atoms with van der Waals surface area (Å²) in [6, 6.07) is 9.89. The van der Waals surface area contributed by atoms with Crippen LogP contribution < -0.4 is 4.72 Å². The van der Waals surface area contributed by atoms with Gasteiger partial charge in [-0.2, -0.15) is 0 Å². The molecule has 1 aromatic carbocycles. The summed E-state index contributed by atoms with van der Waals surface area (Å²) in [6.45, 7) is 1.05. The fourth-order valence-corrected chi connectivity index (χ4v) is 6.00. The number of hydrogen-bond acceptors (Lipinski definition) is 5. The Morgan fingerprint density at radius 2 is 1.75 bits per heavy atom. The lowest BCUT2D eigenvalue weighted by Gasteiger charge is -2.33. The van der Waals surface area contributed by atoms with Crippen LogP contribution in [0.15, 0.2) is 47.5 Å². The Labute approximate surface area is 188 Å². The van der Waals surface area contributed by atoms with Gasteiger partial charge in [-0.1, -0.05) is 18.9 Å². The number of rotatable bonds is 6. The lowest BCUT2D eigenvalue weighted by atomic mass is 10.0. The third kappa shape index (κ3) is 4.73. The van der Waals surface area contributed by atoms with Gasteiger partial charge >= 0.3 is 5.97 Å². The second-order valence-electron chi connectivity index (χ2n) is 8.45. The molecule has 0 bridgehead atoms. The fourth-order valence-electron chi connectivity index (χ4n) is 4.65. The molecule has 1 aliphatic heterocycles. The Balaban J connectivity index is 1.42. The monoisotopic (exact) mass is 459 g/mol. The molecule has 1 aromatic heterocycles.